The molecule has 0 radical (unpaired) electrons. The van der Waals surface area contributed by atoms with Crippen molar-refractivity contribution in [3.05, 3.63) is 0 Å². The highest BCUT2D eigenvalue weighted by molar-refractivity contribution is 5.79. The molecule has 6 heteroatoms. The molecule has 1 rings (SSSR count). The number of nitrogens with one attached hydrogen (secondary N) is 1. The molecule has 0 spiro atoms. The molecule has 0 bridgehead atoms. The Labute approximate surface area is 227 Å². The van der Waals surface area contributed by atoms with E-state index in [0.29, 0.717) is 19.3 Å². The highest BCUT2D eigenvalue weighted by atomic mass is 16.6. The first-order valence-electron chi connectivity index (χ1n) is 15.5. The van der Waals surface area contributed by atoms with Crippen molar-refractivity contribution in [2.24, 2.45) is 11.8 Å². The van der Waals surface area contributed by atoms with E-state index in [0.717, 1.165) is 38.5 Å². The molecule has 3 unspecified atom stereocenters. The Bertz CT molecular complexity index is 608. The average Bonchev–Trinajstić information content (AvgIpc) is 2.86. The number of amides is 1. The van der Waals surface area contributed by atoms with E-state index in [9.17, 15) is 14.4 Å². The van der Waals surface area contributed by atoms with Gasteiger partial charge in [0.15, 0.2) is 0 Å². The number of hydrogen-bond acceptors (Lipinski definition) is 5. The van der Waals surface area contributed by atoms with Crippen LogP contribution >= 0.6 is 0 Å². The minimum Gasteiger partial charge on any atom is -0.461 e. The molecule has 0 aliphatic carbocycles. The second-order valence-electron chi connectivity index (χ2n) is 11.5. The van der Waals surface area contributed by atoms with Crippen molar-refractivity contribution in [2.75, 3.05) is 0 Å². The van der Waals surface area contributed by atoms with Crippen LogP contribution in [0.15, 0.2) is 0 Å². The van der Waals surface area contributed by atoms with Crippen molar-refractivity contribution in [1.82, 2.24) is 5.32 Å². The largest absolute Gasteiger partial charge is 0.461 e. The third-order valence-corrected chi connectivity index (χ3v) is 7.56. The minimum atomic E-state index is -0.633. The van der Waals surface area contributed by atoms with E-state index >= 15 is 0 Å². The van der Waals surface area contributed by atoms with Gasteiger partial charge in [0.1, 0.15) is 18.2 Å². The lowest BCUT2D eigenvalue weighted by atomic mass is 9.86. The van der Waals surface area contributed by atoms with Crippen LogP contribution in [-0.4, -0.2) is 36.6 Å². The fourth-order valence-corrected chi connectivity index (χ4v) is 5.26. The molecule has 37 heavy (non-hydrogen) atoms. The molecule has 0 aromatic heterocycles. The molecular formula is C31H57NO5. The standard InChI is InChI=1S/C31H57NO5/c1-5-7-9-11-12-13-14-15-16-17-18-20-26(36-31(35)28(32-24-33)22-25(3)4)23-29-27(30(34)37-29)21-19-10-8-6-2/h24-29H,5-23H2,1-4H3,(H,32,33)/t26?,27?,28-,29?/m0/s1. The molecule has 0 aromatic rings. The molecule has 1 fully saturated rings. The van der Waals surface area contributed by atoms with Gasteiger partial charge < -0.3 is 14.8 Å². The quantitative estimate of drug-likeness (QED) is 0.0754. The van der Waals surface area contributed by atoms with Gasteiger partial charge in [-0.25, -0.2) is 4.79 Å². The Balaban J connectivity index is 2.52. The van der Waals surface area contributed by atoms with E-state index in [1.54, 1.807) is 0 Å². The summed E-state index contributed by atoms with van der Waals surface area (Å²) in [7, 11) is 0. The maximum Gasteiger partial charge on any atom is 0.328 e. The Morgan fingerprint density at radius 2 is 1.43 bits per heavy atom. The van der Waals surface area contributed by atoms with E-state index in [4.69, 9.17) is 9.47 Å². The van der Waals surface area contributed by atoms with Gasteiger partial charge in [0.2, 0.25) is 6.41 Å². The second kappa shape index (κ2) is 21.4. The Morgan fingerprint density at radius 3 is 1.95 bits per heavy atom. The summed E-state index contributed by atoms with van der Waals surface area (Å²) in [5.74, 6) is -0.300. The van der Waals surface area contributed by atoms with Gasteiger partial charge in [-0.1, -0.05) is 118 Å². The highest BCUT2D eigenvalue weighted by Gasteiger charge is 2.43. The molecule has 1 aliphatic rings. The van der Waals surface area contributed by atoms with Gasteiger partial charge in [0.25, 0.3) is 0 Å². The SMILES string of the molecule is CCCCCCCCCCCCCC(CC1OC(=O)C1CCCCCC)OC(=O)[C@H](CC(C)C)NC=O. The van der Waals surface area contributed by atoms with Crippen LogP contribution in [0.5, 0.6) is 0 Å². The summed E-state index contributed by atoms with van der Waals surface area (Å²) in [6.45, 7) is 8.47. The second-order valence-corrected chi connectivity index (χ2v) is 11.5. The van der Waals surface area contributed by atoms with Gasteiger partial charge in [0, 0.05) is 6.42 Å². The first kappa shape index (κ1) is 33.4. The molecule has 0 saturated carbocycles. The van der Waals surface area contributed by atoms with Crippen LogP contribution in [0.2, 0.25) is 0 Å². The number of carbonyl (C=O) groups is 3. The lowest BCUT2D eigenvalue weighted by Gasteiger charge is -2.37. The first-order chi connectivity index (χ1) is 17.9. The molecule has 1 amide bonds. The van der Waals surface area contributed by atoms with Crippen molar-refractivity contribution < 1.29 is 23.9 Å². The molecule has 6 nitrogen and oxygen atoms in total. The number of esters is 2. The maximum atomic E-state index is 12.9. The van der Waals surface area contributed by atoms with Crippen LogP contribution < -0.4 is 5.32 Å². The number of rotatable bonds is 25. The molecule has 1 aliphatic heterocycles. The summed E-state index contributed by atoms with van der Waals surface area (Å²) in [6.07, 6.45) is 21.3. The summed E-state index contributed by atoms with van der Waals surface area (Å²) in [5.41, 5.74) is 0. The fourth-order valence-electron chi connectivity index (χ4n) is 5.26. The number of ether oxygens (including phenoxy) is 2. The topological polar surface area (TPSA) is 81.7 Å². The van der Waals surface area contributed by atoms with E-state index in [-0.39, 0.29) is 36.0 Å². The van der Waals surface area contributed by atoms with Crippen molar-refractivity contribution in [1.29, 1.82) is 0 Å². The normalized spacial score (nSPS) is 18.7. The van der Waals surface area contributed by atoms with Crippen molar-refractivity contribution >= 4 is 18.3 Å². The zero-order valence-corrected chi connectivity index (χ0v) is 24.4. The highest BCUT2D eigenvalue weighted by Crippen LogP contribution is 2.32. The van der Waals surface area contributed by atoms with Crippen molar-refractivity contribution in [3.63, 3.8) is 0 Å². The van der Waals surface area contributed by atoms with Gasteiger partial charge in [-0.05, 0) is 31.6 Å². The summed E-state index contributed by atoms with van der Waals surface area (Å²) in [4.78, 5) is 36.1. The van der Waals surface area contributed by atoms with Gasteiger partial charge in [0.05, 0.1) is 5.92 Å². The van der Waals surface area contributed by atoms with Gasteiger partial charge in [-0.3, -0.25) is 9.59 Å². The predicted octanol–water partition coefficient (Wildman–Crippen LogP) is 7.66. The number of unbranched alkanes of at least 4 members (excludes halogenated alkanes) is 13. The van der Waals surface area contributed by atoms with Crippen molar-refractivity contribution in [2.45, 2.75) is 168 Å². The van der Waals surface area contributed by atoms with E-state index < -0.39 is 6.04 Å². The summed E-state index contributed by atoms with van der Waals surface area (Å²) in [6, 6.07) is -0.633. The zero-order chi connectivity index (χ0) is 27.3. The number of cyclic esters (lactones) is 1. The molecule has 1 N–H and O–H groups in total. The monoisotopic (exact) mass is 523 g/mol. The van der Waals surface area contributed by atoms with Gasteiger partial charge in [-0.2, -0.15) is 0 Å². The minimum absolute atomic E-state index is 0.0741. The van der Waals surface area contributed by atoms with Gasteiger partial charge >= 0.3 is 11.9 Å². The molecular weight excluding hydrogens is 466 g/mol. The lowest BCUT2D eigenvalue weighted by Crippen LogP contribution is -2.48. The molecule has 1 heterocycles. The lowest BCUT2D eigenvalue weighted by molar-refractivity contribution is -0.190. The zero-order valence-electron chi connectivity index (χ0n) is 24.4. The first-order valence-corrected chi connectivity index (χ1v) is 15.5. The molecule has 216 valence electrons. The molecule has 1 saturated heterocycles. The Hall–Kier alpha value is -1.59. The number of hydrogen-bond donors (Lipinski definition) is 1. The van der Waals surface area contributed by atoms with E-state index in [1.807, 2.05) is 13.8 Å². The van der Waals surface area contributed by atoms with E-state index in [1.165, 1.54) is 70.6 Å². The van der Waals surface area contributed by atoms with Crippen LogP contribution in [-0.2, 0) is 23.9 Å². The molecule has 4 atom stereocenters. The van der Waals surface area contributed by atoms with Crippen LogP contribution in [0.3, 0.4) is 0 Å². The fraction of sp³-hybridized carbons (Fsp3) is 0.903. The third kappa shape index (κ3) is 15.4. The van der Waals surface area contributed by atoms with Crippen LogP contribution in [0, 0.1) is 11.8 Å². The van der Waals surface area contributed by atoms with Crippen LogP contribution in [0.4, 0.5) is 0 Å². The summed E-state index contributed by atoms with van der Waals surface area (Å²) < 4.78 is 11.4. The Morgan fingerprint density at radius 1 is 0.892 bits per heavy atom. The number of carbonyl (C=O) groups excluding carboxylic acids is 3. The predicted molar refractivity (Wildman–Crippen MR) is 150 cm³/mol. The average molecular weight is 524 g/mol. The molecule has 0 aromatic carbocycles. The van der Waals surface area contributed by atoms with Crippen LogP contribution in [0.25, 0.3) is 0 Å². The Kier molecular flexibility index (Phi) is 19.3. The third-order valence-electron chi connectivity index (χ3n) is 7.56. The van der Waals surface area contributed by atoms with Crippen LogP contribution in [0.1, 0.15) is 150 Å². The smallest absolute Gasteiger partial charge is 0.328 e. The van der Waals surface area contributed by atoms with Crippen molar-refractivity contribution in [3.8, 4) is 0 Å². The summed E-state index contributed by atoms with van der Waals surface area (Å²) >= 11 is 0. The van der Waals surface area contributed by atoms with E-state index in [2.05, 4.69) is 19.2 Å². The maximum absolute atomic E-state index is 12.9. The summed E-state index contributed by atoms with van der Waals surface area (Å²) in [5, 5.41) is 2.63. The van der Waals surface area contributed by atoms with Gasteiger partial charge in [-0.15, -0.1) is 0 Å².